The fraction of sp³-hybridized carbons (Fsp3) is 0.478. The molecular weight excluding hydrogens is 380 g/mol. The number of hydrogen-bond donors (Lipinski definition) is 2. The Morgan fingerprint density at radius 2 is 2.13 bits per heavy atom. The summed E-state index contributed by atoms with van der Waals surface area (Å²) in [5.74, 6) is 2.05. The van der Waals surface area contributed by atoms with Gasteiger partial charge in [0.15, 0.2) is 5.82 Å². The topological polar surface area (TPSA) is 95.4 Å². The molecule has 1 aliphatic carbocycles. The van der Waals surface area contributed by atoms with E-state index in [0.717, 1.165) is 54.8 Å². The molecule has 3 aromatic rings. The molecule has 1 atom stereocenters. The lowest BCUT2D eigenvalue weighted by Gasteiger charge is -2.33. The number of hydrogen-bond acceptors (Lipinski definition) is 6. The van der Waals surface area contributed by atoms with E-state index in [0.29, 0.717) is 24.3 Å². The number of ether oxygens (including phenoxy) is 2. The minimum absolute atomic E-state index is 0.170. The van der Waals surface area contributed by atoms with Crippen LogP contribution in [0.1, 0.15) is 43.6 Å². The molecule has 1 aromatic carbocycles. The number of nitrogen functional groups attached to an aromatic ring is 1. The van der Waals surface area contributed by atoms with Crippen molar-refractivity contribution in [3.8, 4) is 11.4 Å². The number of benzene rings is 1. The Morgan fingerprint density at radius 1 is 1.23 bits per heavy atom. The highest BCUT2D eigenvalue weighted by Crippen LogP contribution is 2.44. The first-order chi connectivity index (χ1) is 14.7. The quantitative estimate of drug-likeness (QED) is 0.649. The van der Waals surface area contributed by atoms with Gasteiger partial charge in [-0.25, -0.2) is 9.97 Å². The first-order valence-electron chi connectivity index (χ1n) is 10.8. The van der Waals surface area contributed by atoms with Gasteiger partial charge in [0.2, 0.25) is 0 Å². The first-order valence-corrected chi connectivity index (χ1v) is 10.8. The van der Waals surface area contributed by atoms with Gasteiger partial charge < -0.3 is 24.9 Å². The second-order valence-corrected chi connectivity index (χ2v) is 8.42. The molecule has 158 valence electrons. The van der Waals surface area contributed by atoms with Gasteiger partial charge in [0.05, 0.1) is 11.6 Å². The van der Waals surface area contributed by atoms with Crippen LogP contribution >= 0.6 is 0 Å². The molecule has 7 heteroatoms. The highest BCUT2D eigenvalue weighted by molar-refractivity contribution is 5.90. The van der Waals surface area contributed by atoms with Gasteiger partial charge in [-0.15, -0.1) is 0 Å². The molecule has 5 rings (SSSR count). The molecule has 2 aromatic heterocycles. The summed E-state index contributed by atoms with van der Waals surface area (Å²) in [6, 6.07) is 8.02. The largest absolute Gasteiger partial charge is 0.491 e. The van der Waals surface area contributed by atoms with Crippen molar-refractivity contribution in [3.63, 3.8) is 0 Å². The minimum Gasteiger partial charge on any atom is -0.491 e. The first kappa shape index (κ1) is 19.3. The van der Waals surface area contributed by atoms with Gasteiger partial charge >= 0.3 is 0 Å². The van der Waals surface area contributed by atoms with Crippen molar-refractivity contribution in [2.45, 2.75) is 44.1 Å². The number of aliphatic hydroxyl groups excluding tert-OH is 1. The molecule has 3 N–H and O–H groups in total. The Bertz CT molecular complexity index is 1020. The Balaban J connectivity index is 1.44. The average molecular weight is 409 g/mol. The Morgan fingerprint density at radius 3 is 2.93 bits per heavy atom. The van der Waals surface area contributed by atoms with Crippen LogP contribution in [0.5, 0.6) is 5.75 Å². The fourth-order valence-corrected chi connectivity index (χ4v) is 4.60. The van der Waals surface area contributed by atoms with Crippen LogP contribution in [0.25, 0.3) is 16.7 Å². The van der Waals surface area contributed by atoms with Crippen molar-refractivity contribution in [1.29, 1.82) is 0 Å². The van der Waals surface area contributed by atoms with Crippen molar-refractivity contribution in [1.82, 2.24) is 14.5 Å². The number of nitrogens with two attached hydrogens (primary N) is 1. The summed E-state index contributed by atoms with van der Waals surface area (Å²) >= 11 is 0. The summed E-state index contributed by atoms with van der Waals surface area (Å²) in [5.41, 5.74) is 10.1. The lowest BCUT2D eigenvalue weighted by Crippen LogP contribution is -2.25. The van der Waals surface area contributed by atoms with Crippen LogP contribution in [0, 0.1) is 5.92 Å². The van der Waals surface area contributed by atoms with E-state index in [9.17, 15) is 5.11 Å². The fourth-order valence-electron chi connectivity index (χ4n) is 4.60. The minimum atomic E-state index is 0.170. The third-order valence-corrected chi connectivity index (χ3v) is 6.37. The standard InChI is InChI=1S/C23H28N4O3/c24-23-22-21(25-14-26-23)20(16-8-15(9-16)12-28)11-27(22)17-4-3-6-18(10-17)30-13-19-5-1-2-7-29-19/h3-4,6,10-11,14-16,19,28H,1-2,5,7-9,12-13H2,(H2,24,25,26). The number of aliphatic hydroxyl groups is 1. The number of fused-ring (bicyclic) bond motifs is 1. The number of rotatable bonds is 6. The van der Waals surface area contributed by atoms with E-state index in [-0.39, 0.29) is 12.7 Å². The van der Waals surface area contributed by atoms with E-state index in [1.54, 1.807) is 0 Å². The van der Waals surface area contributed by atoms with Crippen LogP contribution in [0.4, 0.5) is 5.82 Å². The van der Waals surface area contributed by atoms with Gasteiger partial charge in [-0.1, -0.05) is 6.07 Å². The molecule has 1 unspecified atom stereocenters. The van der Waals surface area contributed by atoms with Crippen molar-refractivity contribution in [3.05, 3.63) is 42.4 Å². The maximum atomic E-state index is 9.39. The van der Waals surface area contributed by atoms with Crippen LogP contribution in [0.2, 0.25) is 0 Å². The molecule has 1 saturated heterocycles. The molecule has 0 radical (unpaired) electrons. The van der Waals surface area contributed by atoms with Gasteiger partial charge in [0.1, 0.15) is 24.2 Å². The maximum absolute atomic E-state index is 9.39. The second kappa shape index (κ2) is 8.24. The predicted octanol–water partition coefficient (Wildman–Crippen LogP) is 3.44. The van der Waals surface area contributed by atoms with Gasteiger partial charge in [-0.2, -0.15) is 0 Å². The summed E-state index contributed by atoms with van der Waals surface area (Å²) in [5, 5.41) is 9.39. The van der Waals surface area contributed by atoms with E-state index < -0.39 is 0 Å². The molecule has 0 amide bonds. The summed E-state index contributed by atoms with van der Waals surface area (Å²) in [4.78, 5) is 8.76. The van der Waals surface area contributed by atoms with Crippen molar-refractivity contribution in [2.75, 3.05) is 25.6 Å². The highest BCUT2D eigenvalue weighted by Gasteiger charge is 2.33. The van der Waals surface area contributed by atoms with Crippen LogP contribution in [-0.2, 0) is 4.74 Å². The smallest absolute Gasteiger partial charge is 0.151 e. The maximum Gasteiger partial charge on any atom is 0.151 e. The molecule has 2 aliphatic rings. The summed E-state index contributed by atoms with van der Waals surface area (Å²) in [6.45, 7) is 1.64. The van der Waals surface area contributed by atoms with E-state index >= 15 is 0 Å². The van der Waals surface area contributed by atoms with Crippen LogP contribution in [-0.4, -0.2) is 45.6 Å². The Kier molecular flexibility index (Phi) is 5.31. The van der Waals surface area contributed by atoms with Crippen LogP contribution in [0.3, 0.4) is 0 Å². The van der Waals surface area contributed by atoms with E-state index in [4.69, 9.17) is 15.2 Å². The molecule has 0 bridgehead atoms. The molecular formula is C23H28N4O3. The third kappa shape index (κ3) is 3.63. The summed E-state index contributed by atoms with van der Waals surface area (Å²) < 4.78 is 13.9. The molecule has 0 spiro atoms. The van der Waals surface area contributed by atoms with Gasteiger partial charge in [0, 0.05) is 31.2 Å². The Labute approximate surface area is 175 Å². The van der Waals surface area contributed by atoms with Gasteiger partial charge in [0.25, 0.3) is 0 Å². The normalized spacial score (nSPS) is 24.0. The summed E-state index contributed by atoms with van der Waals surface area (Å²) in [7, 11) is 0. The number of aromatic nitrogens is 3. The molecule has 1 aliphatic heterocycles. The van der Waals surface area contributed by atoms with Crippen molar-refractivity contribution < 1.29 is 14.6 Å². The molecule has 3 heterocycles. The number of nitrogens with zero attached hydrogens (tertiary/aromatic N) is 3. The van der Waals surface area contributed by atoms with Gasteiger partial charge in [-0.3, -0.25) is 0 Å². The Hall–Kier alpha value is -2.64. The van der Waals surface area contributed by atoms with Crippen LogP contribution < -0.4 is 10.5 Å². The molecule has 30 heavy (non-hydrogen) atoms. The van der Waals surface area contributed by atoms with E-state index in [1.165, 1.54) is 18.3 Å². The van der Waals surface area contributed by atoms with Crippen LogP contribution in [0.15, 0.2) is 36.8 Å². The van der Waals surface area contributed by atoms with E-state index in [2.05, 4.69) is 20.7 Å². The zero-order chi connectivity index (χ0) is 20.5. The zero-order valence-electron chi connectivity index (χ0n) is 17.0. The predicted molar refractivity (Wildman–Crippen MR) is 115 cm³/mol. The van der Waals surface area contributed by atoms with Gasteiger partial charge in [-0.05, 0) is 61.6 Å². The number of anilines is 1. The third-order valence-electron chi connectivity index (χ3n) is 6.37. The lowest BCUT2D eigenvalue weighted by molar-refractivity contribution is -0.0110. The molecule has 1 saturated carbocycles. The van der Waals surface area contributed by atoms with Crippen molar-refractivity contribution >= 4 is 16.9 Å². The lowest BCUT2D eigenvalue weighted by atomic mass is 9.72. The van der Waals surface area contributed by atoms with E-state index in [1.807, 2.05) is 24.3 Å². The molecule has 7 nitrogen and oxygen atoms in total. The second-order valence-electron chi connectivity index (χ2n) is 8.42. The highest BCUT2D eigenvalue weighted by atomic mass is 16.5. The average Bonchev–Trinajstić information content (AvgIpc) is 3.13. The summed E-state index contributed by atoms with van der Waals surface area (Å²) in [6.07, 6.45) is 9.16. The monoisotopic (exact) mass is 408 g/mol. The molecule has 2 fully saturated rings. The van der Waals surface area contributed by atoms with Crippen molar-refractivity contribution in [2.24, 2.45) is 5.92 Å². The SMILES string of the molecule is Nc1ncnc2c(C3CC(CO)C3)cn(-c3cccc(OCC4CCCCO4)c3)c12. The zero-order valence-corrected chi connectivity index (χ0v) is 17.0.